The quantitative estimate of drug-likeness (QED) is 0.388. The van der Waals surface area contributed by atoms with Gasteiger partial charge in [-0.2, -0.15) is 0 Å². The van der Waals surface area contributed by atoms with Crippen LogP contribution in [0.3, 0.4) is 0 Å². The third-order valence-corrected chi connectivity index (χ3v) is 6.48. The monoisotopic (exact) mass is 421 g/mol. The SMILES string of the molecule is C=CN=C(SC)C1N(C2CC2)C(=O)c2ccc(OC)cc2C1(N=O)c1ccccc1. The summed E-state index contributed by atoms with van der Waals surface area (Å²) >= 11 is 1.40. The minimum absolute atomic E-state index is 0.0600. The Kier molecular flexibility index (Phi) is 5.47. The van der Waals surface area contributed by atoms with E-state index < -0.39 is 11.6 Å². The molecule has 1 aliphatic carbocycles. The maximum absolute atomic E-state index is 13.6. The third kappa shape index (κ3) is 3.04. The van der Waals surface area contributed by atoms with Gasteiger partial charge in [-0.25, -0.2) is 0 Å². The Balaban J connectivity index is 2.11. The van der Waals surface area contributed by atoms with Crippen LogP contribution in [0.1, 0.15) is 34.3 Å². The number of hydrogen-bond acceptors (Lipinski definition) is 6. The van der Waals surface area contributed by atoms with Gasteiger partial charge in [-0.15, -0.1) is 16.7 Å². The first-order valence-electron chi connectivity index (χ1n) is 9.76. The predicted molar refractivity (Wildman–Crippen MR) is 120 cm³/mol. The predicted octanol–water partition coefficient (Wildman–Crippen LogP) is 4.60. The summed E-state index contributed by atoms with van der Waals surface area (Å²) in [7, 11) is 1.56. The van der Waals surface area contributed by atoms with Crippen molar-refractivity contribution in [3.8, 4) is 5.75 Å². The van der Waals surface area contributed by atoms with Crippen LogP contribution < -0.4 is 4.74 Å². The van der Waals surface area contributed by atoms with Gasteiger partial charge in [0.05, 0.1) is 12.2 Å². The first-order valence-corrected chi connectivity index (χ1v) is 11.0. The number of nitrogens with zero attached hydrogens (tertiary/aromatic N) is 3. The second-order valence-electron chi connectivity index (χ2n) is 7.34. The summed E-state index contributed by atoms with van der Waals surface area (Å²) in [5.41, 5.74) is 0.373. The van der Waals surface area contributed by atoms with Crippen LogP contribution in [0.15, 0.2) is 71.5 Å². The van der Waals surface area contributed by atoms with Gasteiger partial charge in [0.1, 0.15) is 11.8 Å². The van der Waals surface area contributed by atoms with Crippen LogP contribution in [0.5, 0.6) is 5.75 Å². The first-order chi connectivity index (χ1) is 14.6. The lowest BCUT2D eigenvalue weighted by molar-refractivity contribution is 0.0621. The van der Waals surface area contributed by atoms with E-state index in [1.54, 1.807) is 25.3 Å². The maximum Gasteiger partial charge on any atom is 0.255 e. The van der Waals surface area contributed by atoms with Gasteiger partial charge in [0, 0.05) is 23.4 Å². The number of fused-ring (bicyclic) bond motifs is 1. The van der Waals surface area contributed by atoms with Gasteiger partial charge in [-0.3, -0.25) is 9.79 Å². The van der Waals surface area contributed by atoms with E-state index in [2.05, 4.69) is 16.7 Å². The number of amides is 1. The first kappa shape index (κ1) is 20.3. The molecule has 0 bridgehead atoms. The average Bonchev–Trinajstić information content (AvgIpc) is 3.63. The van der Waals surface area contributed by atoms with Crippen molar-refractivity contribution < 1.29 is 9.53 Å². The largest absolute Gasteiger partial charge is 0.497 e. The molecule has 30 heavy (non-hydrogen) atoms. The maximum atomic E-state index is 13.6. The fraction of sp³-hybridized carbons (Fsp3) is 0.304. The zero-order valence-corrected chi connectivity index (χ0v) is 17.8. The summed E-state index contributed by atoms with van der Waals surface area (Å²) in [6, 6.07) is 14.0. The molecule has 0 spiro atoms. The van der Waals surface area contributed by atoms with E-state index in [-0.39, 0.29) is 11.9 Å². The minimum atomic E-state index is -1.35. The van der Waals surface area contributed by atoms with E-state index in [0.29, 0.717) is 27.5 Å². The van der Waals surface area contributed by atoms with Crippen LogP contribution in [-0.4, -0.2) is 41.3 Å². The molecular weight excluding hydrogens is 398 g/mol. The van der Waals surface area contributed by atoms with E-state index in [9.17, 15) is 9.70 Å². The number of carbonyl (C=O) groups excluding carboxylic acids is 1. The summed E-state index contributed by atoms with van der Waals surface area (Å²) in [6.45, 7) is 3.73. The lowest BCUT2D eigenvalue weighted by atomic mass is 9.72. The molecule has 0 radical (unpaired) electrons. The second kappa shape index (κ2) is 8.07. The lowest BCUT2D eigenvalue weighted by Crippen LogP contribution is -2.60. The Labute approximate surface area is 180 Å². The normalized spacial score (nSPS) is 23.7. The number of rotatable bonds is 6. The van der Waals surface area contributed by atoms with E-state index in [0.717, 1.165) is 12.8 Å². The summed E-state index contributed by atoms with van der Waals surface area (Å²) in [6.07, 6.45) is 5.13. The van der Waals surface area contributed by atoms with Crippen molar-refractivity contribution in [2.45, 2.75) is 30.5 Å². The molecule has 1 fully saturated rings. The molecule has 1 heterocycles. The highest BCUT2D eigenvalue weighted by Crippen LogP contribution is 2.50. The Bertz CT molecular complexity index is 1020. The number of thioether (sulfide) groups is 1. The summed E-state index contributed by atoms with van der Waals surface area (Å²) in [4.78, 5) is 32.7. The molecule has 0 aromatic heterocycles. The molecule has 4 rings (SSSR count). The standard InChI is InChI=1S/C23H23N3O3S/c1-4-24-21(30-3)20-23(25-28,15-8-6-5-7-9-15)19-14-17(29-2)12-13-18(19)22(27)26(20)16-10-11-16/h4-9,12-14,16,20H,1,10-11H2,2-3H3. The number of nitroso groups, excluding NO2 is 1. The molecule has 2 atom stereocenters. The molecule has 1 amide bonds. The smallest absolute Gasteiger partial charge is 0.255 e. The zero-order valence-electron chi connectivity index (χ0n) is 16.9. The van der Waals surface area contributed by atoms with Gasteiger partial charge in [-0.05, 0) is 42.9 Å². The van der Waals surface area contributed by atoms with Gasteiger partial charge in [0.25, 0.3) is 5.91 Å². The Morgan fingerprint density at radius 3 is 2.57 bits per heavy atom. The van der Waals surface area contributed by atoms with Crippen molar-refractivity contribution in [2.24, 2.45) is 10.2 Å². The molecule has 0 N–H and O–H groups in total. The van der Waals surface area contributed by atoms with Gasteiger partial charge in [-0.1, -0.05) is 42.1 Å². The fourth-order valence-corrected chi connectivity index (χ4v) is 4.95. The highest BCUT2D eigenvalue weighted by Gasteiger charge is 2.58. The Morgan fingerprint density at radius 2 is 2.00 bits per heavy atom. The zero-order chi connectivity index (χ0) is 21.3. The second-order valence-corrected chi connectivity index (χ2v) is 8.16. The number of hydrogen-bond donors (Lipinski definition) is 0. The van der Waals surface area contributed by atoms with Crippen LogP contribution in [0.4, 0.5) is 0 Å². The summed E-state index contributed by atoms with van der Waals surface area (Å²) in [5, 5.41) is 4.39. The molecular formula is C23H23N3O3S. The van der Waals surface area contributed by atoms with E-state index >= 15 is 0 Å². The minimum Gasteiger partial charge on any atom is -0.497 e. The number of ether oxygens (including phenoxy) is 1. The highest BCUT2D eigenvalue weighted by molar-refractivity contribution is 8.13. The summed E-state index contributed by atoms with van der Waals surface area (Å²) in [5.74, 6) is 0.455. The van der Waals surface area contributed by atoms with Crippen molar-refractivity contribution in [3.63, 3.8) is 0 Å². The van der Waals surface area contributed by atoms with E-state index in [1.807, 2.05) is 41.5 Å². The molecule has 2 unspecified atom stereocenters. The number of methoxy groups -OCH3 is 1. The lowest BCUT2D eigenvalue weighted by Gasteiger charge is -2.47. The molecule has 6 nitrogen and oxygen atoms in total. The molecule has 2 aromatic carbocycles. The number of carbonyl (C=O) groups is 1. The van der Waals surface area contributed by atoms with Gasteiger partial charge in [0.15, 0.2) is 5.54 Å². The molecule has 1 saturated carbocycles. The van der Waals surface area contributed by atoms with Crippen molar-refractivity contribution in [1.82, 2.24) is 4.90 Å². The van der Waals surface area contributed by atoms with Crippen molar-refractivity contribution >= 4 is 22.7 Å². The Hall–Kier alpha value is -2.93. The fourth-order valence-electron chi connectivity index (χ4n) is 4.27. The Morgan fingerprint density at radius 1 is 1.27 bits per heavy atom. The van der Waals surface area contributed by atoms with Gasteiger partial charge >= 0.3 is 0 Å². The topological polar surface area (TPSA) is 71.3 Å². The molecule has 7 heteroatoms. The number of aliphatic imine (C=N–C) groups is 1. The summed E-state index contributed by atoms with van der Waals surface area (Å²) < 4.78 is 5.43. The highest BCUT2D eigenvalue weighted by atomic mass is 32.2. The van der Waals surface area contributed by atoms with Crippen molar-refractivity contribution in [3.05, 3.63) is 82.9 Å². The van der Waals surface area contributed by atoms with Gasteiger partial charge < -0.3 is 9.64 Å². The van der Waals surface area contributed by atoms with Crippen LogP contribution in [0.2, 0.25) is 0 Å². The molecule has 1 aliphatic heterocycles. The number of benzene rings is 2. The van der Waals surface area contributed by atoms with Crippen LogP contribution in [0.25, 0.3) is 0 Å². The van der Waals surface area contributed by atoms with Crippen LogP contribution >= 0.6 is 11.8 Å². The van der Waals surface area contributed by atoms with Crippen molar-refractivity contribution in [1.29, 1.82) is 0 Å². The molecule has 154 valence electrons. The van der Waals surface area contributed by atoms with Crippen LogP contribution in [-0.2, 0) is 5.54 Å². The van der Waals surface area contributed by atoms with Crippen molar-refractivity contribution in [2.75, 3.05) is 13.4 Å². The molecule has 0 saturated heterocycles. The van der Waals surface area contributed by atoms with E-state index in [1.165, 1.54) is 18.0 Å². The average molecular weight is 422 g/mol. The van der Waals surface area contributed by atoms with Crippen LogP contribution in [0, 0.1) is 4.91 Å². The third-order valence-electron chi connectivity index (χ3n) is 5.74. The molecule has 2 aromatic rings. The molecule has 2 aliphatic rings. The van der Waals surface area contributed by atoms with E-state index in [4.69, 9.17) is 4.74 Å². The van der Waals surface area contributed by atoms with Gasteiger partial charge in [0.2, 0.25) is 0 Å².